The van der Waals surface area contributed by atoms with Gasteiger partial charge in [-0.1, -0.05) is 0 Å². The van der Waals surface area contributed by atoms with Crippen molar-refractivity contribution in [2.45, 2.75) is 13.8 Å². The number of amides is 1. The maximum absolute atomic E-state index is 12.1. The first-order valence-corrected chi connectivity index (χ1v) is 7.71. The minimum absolute atomic E-state index is 0.0491. The van der Waals surface area contributed by atoms with E-state index in [1.807, 2.05) is 26.0 Å². The van der Waals surface area contributed by atoms with Crippen LogP contribution in [0.3, 0.4) is 0 Å². The van der Waals surface area contributed by atoms with E-state index < -0.39 is 16.8 Å². The molecule has 1 aromatic rings. The highest BCUT2D eigenvalue weighted by Gasteiger charge is 2.15. The monoisotopic (exact) mass is 328 g/mol. The summed E-state index contributed by atoms with van der Waals surface area (Å²) in [7, 11) is 0. The minimum Gasteiger partial charge on any atom is -0.449 e. The molecule has 1 aliphatic carbocycles. The molecule has 124 valence electrons. The first-order valence-electron chi connectivity index (χ1n) is 7.71. The number of anilines is 1. The zero-order chi connectivity index (χ0) is 17.4. The number of nitrogens with one attached hydrogen (secondary N) is 1. The van der Waals surface area contributed by atoms with Crippen molar-refractivity contribution < 1.29 is 14.9 Å². The molecular weight excluding hydrogens is 310 g/mol. The molecule has 1 heterocycles. The van der Waals surface area contributed by atoms with Gasteiger partial charge in [0.1, 0.15) is 10.9 Å². The molecule has 0 unspecified atom stereocenters. The van der Waals surface area contributed by atoms with Crippen LogP contribution in [0.25, 0.3) is 11.1 Å². The first kappa shape index (κ1) is 15.9. The highest BCUT2D eigenvalue weighted by atomic mass is 16.3. The lowest BCUT2D eigenvalue weighted by Crippen LogP contribution is -2.57. The van der Waals surface area contributed by atoms with Gasteiger partial charge in [-0.3, -0.25) is 15.3 Å². The number of quaternary nitrogens is 1. The molecule has 0 aromatic heterocycles. The van der Waals surface area contributed by atoms with Crippen molar-refractivity contribution in [3.8, 4) is 0 Å². The van der Waals surface area contributed by atoms with Crippen LogP contribution in [0.4, 0.5) is 5.69 Å². The third-order valence-electron chi connectivity index (χ3n) is 4.07. The summed E-state index contributed by atoms with van der Waals surface area (Å²) < 4.78 is 5.68. The molecule has 7 nitrogen and oxygen atoms in total. The molecule has 4 N–H and O–H groups in total. The first-order chi connectivity index (χ1) is 11.5. The molecule has 0 saturated heterocycles. The van der Waals surface area contributed by atoms with E-state index in [9.17, 15) is 14.4 Å². The minimum atomic E-state index is -0.786. The number of fused-ring (bicyclic) bond motifs is 1. The highest BCUT2D eigenvalue weighted by Crippen LogP contribution is 2.21. The standard InChI is InChI=1S/C17H17N3O4/c1-3-20(4-2)9-5-6-11-13(7-9)24-16-14(19-11)10(17(18)23)8-12(21)15(16)22/h5-8,19H,3-4H2,1-2H3,(H2,18,23)/p+1. The number of aromatic nitrogens is 1. The highest BCUT2D eigenvalue weighted by molar-refractivity contribution is 5.86. The quantitative estimate of drug-likeness (QED) is 0.675. The molecule has 0 fully saturated rings. The van der Waals surface area contributed by atoms with Crippen LogP contribution in [0, 0.1) is 10.8 Å². The van der Waals surface area contributed by atoms with Crippen LogP contribution in [-0.4, -0.2) is 24.0 Å². The van der Waals surface area contributed by atoms with Gasteiger partial charge in [0, 0.05) is 30.9 Å². The van der Waals surface area contributed by atoms with E-state index in [1.165, 1.54) is 0 Å². The Hall–Kier alpha value is -2.93. The van der Waals surface area contributed by atoms with Gasteiger partial charge < -0.3 is 14.3 Å². The Morgan fingerprint density at radius 1 is 1.21 bits per heavy atom. The number of H-pyrrole nitrogens is 1. The molecule has 0 bridgehead atoms. The molecule has 1 aliphatic heterocycles. The second-order valence-electron chi connectivity index (χ2n) is 5.46. The lowest BCUT2D eigenvalue weighted by Gasteiger charge is -2.20. The molecule has 3 rings (SSSR count). The van der Waals surface area contributed by atoms with Gasteiger partial charge in [0.05, 0.1) is 5.52 Å². The van der Waals surface area contributed by atoms with Crippen molar-refractivity contribution in [3.63, 3.8) is 0 Å². The van der Waals surface area contributed by atoms with E-state index in [0.717, 1.165) is 24.8 Å². The Labute approximate surface area is 136 Å². The summed E-state index contributed by atoms with van der Waals surface area (Å²) in [6.07, 6.45) is 0. The van der Waals surface area contributed by atoms with Crippen molar-refractivity contribution in [1.82, 2.24) is 4.98 Å². The van der Waals surface area contributed by atoms with Gasteiger partial charge in [-0.25, -0.2) is 4.79 Å². The Bertz CT molecular complexity index is 1110. The van der Waals surface area contributed by atoms with Crippen LogP contribution < -0.4 is 21.5 Å². The van der Waals surface area contributed by atoms with Crippen molar-refractivity contribution in [1.29, 1.82) is 0 Å². The lowest BCUT2D eigenvalue weighted by atomic mass is 10.2. The topological polar surface area (TPSA) is 111 Å². The van der Waals surface area contributed by atoms with Gasteiger partial charge in [0.25, 0.3) is 5.43 Å². The van der Waals surface area contributed by atoms with Crippen LogP contribution in [0.2, 0.25) is 0 Å². The zero-order valence-electron chi connectivity index (χ0n) is 13.5. The summed E-state index contributed by atoms with van der Waals surface area (Å²) in [4.78, 5) is 40.7. The van der Waals surface area contributed by atoms with Crippen LogP contribution in [0.15, 0.2) is 38.3 Å². The smallest absolute Gasteiger partial charge is 0.343 e. The molecule has 0 spiro atoms. The number of rotatable bonds is 4. The average molecular weight is 328 g/mol. The van der Waals surface area contributed by atoms with Crippen molar-refractivity contribution in [2.24, 2.45) is 0 Å². The predicted molar refractivity (Wildman–Crippen MR) is 89.2 cm³/mol. The van der Waals surface area contributed by atoms with Gasteiger partial charge in [-0.2, -0.15) is 0 Å². The van der Waals surface area contributed by atoms with Crippen molar-refractivity contribution in [3.05, 3.63) is 61.0 Å². The van der Waals surface area contributed by atoms with Crippen LogP contribution >= 0.6 is 0 Å². The fraction of sp³-hybridized carbons (Fsp3) is 0.235. The van der Waals surface area contributed by atoms with E-state index in [2.05, 4.69) is 15.6 Å². The number of nitrogens with zero attached hydrogens (tertiary/aromatic N) is 1. The molecule has 1 aromatic carbocycles. The van der Waals surface area contributed by atoms with Gasteiger partial charge in [-0.15, -0.1) is 0 Å². The molecule has 0 atom stereocenters. The molecule has 0 radical (unpaired) electrons. The molecular formula is C17H18N3O4+. The Kier molecular flexibility index (Phi) is 3.94. The Morgan fingerprint density at radius 3 is 2.54 bits per heavy atom. The van der Waals surface area contributed by atoms with Gasteiger partial charge in [0.15, 0.2) is 5.58 Å². The van der Waals surface area contributed by atoms with E-state index in [-0.39, 0.29) is 16.3 Å². The van der Waals surface area contributed by atoms with Gasteiger partial charge >= 0.3 is 5.91 Å². The number of benzene rings is 1. The fourth-order valence-corrected chi connectivity index (χ4v) is 2.79. The van der Waals surface area contributed by atoms with Gasteiger partial charge in [-0.05, 0) is 26.0 Å². The van der Waals surface area contributed by atoms with Gasteiger partial charge in [0.2, 0.25) is 10.8 Å². The Morgan fingerprint density at radius 2 is 1.92 bits per heavy atom. The maximum atomic E-state index is 12.1. The summed E-state index contributed by atoms with van der Waals surface area (Å²) in [5, 5.41) is 0.197. The van der Waals surface area contributed by atoms with Crippen LogP contribution in [0.5, 0.6) is 0 Å². The normalized spacial score (nSPS) is 11.1. The van der Waals surface area contributed by atoms with E-state index in [0.29, 0.717) is 11.1 Å². The van der Waals surface area contributed by atoms with Crippen LogP contribution in [0.1, 0.15) is 24.2 Å². The second-order valence-corrected chi connectivity index (χ2v) is 5.46. The molecule has 7 heteroatoms. The average Bonchev–Trinajstić information content (AvgIpc) is 2.57. The molecule has 0 saturated carbocycles. The summed E-state index contributed by atoms with van der Waals surface area (Å²) >= 11 is 0. The molecule has 2 aliphatic rings. The fourth-order valence-electron chi connectivity index (χ4n) is 2.79. The SMILES string of the molecule is CCN(CC)c1ccc2[nH]c3c(C([NH3+])=O)cc(=O)c(=O)c=3oc2c1. The summed E-state index contributed by atoms with van der Waals surface area (Å²) in [6.45, 7) is 5.75. The summed E-state index contributed by atoms with van der Waals surface area (Å²) in [5.41, 5.74) is 3.67. The summed E-state index contributed by atoms with van der Waals surface area (Å²) in [6, 6.07) is 6.56. The number of carbonyl (C=O) groups excluding carboxylic acids is 1. The Balaban J connectivity index is 2.42. The summed E-state index contributed by atoms with van der Waals surface area (Å²) in [5.74, 6) is -0.553. The number of hydrogen-bond acceptors (Lipinski definition) is 5. The third-order valence-corrected chi connectivity index (χ3v) is 4.07. The lowest BCUT2D eigenvalue weighted by molar-refractivity contribution is -0.255. The predicted octanol–water partition coefficient (Wildman–Crippen LogP) is 0.434. The van der Waals surface area contributed by atoms with E-state index in [4.69, 9.17) is 4.42 Å². The second kappa shape index (κ2) is 5.93. The third kappa shape index (κ3) is 2.48. The van der Waals surface area contributed by atoms with Crippen LogP contribution in [-0.2, 0) is 0 Å². The van der Waals surface area contributed by atoms with Crippen molar-refractivity contribution in [2.75, 3.05) is 18.0 Å². The molecule has 24 heavy (non-hydrogen) atoms. The molecule has 1 amide bonds. The number of hydrogen-bond donors (Lipinski definition) is 2. The largest absolute Gasteiger partial charge is 0.449 e. The number of carbonyl (C=O) groups is 1. The van der Waals surface area contributed by atoms with E-state index in [1.54, 1.807) is 6.07 Å². The zero-order valence-corrected chi connectivity index (χ0v) is 13.5. The number of aromatic amines is 1. The van der Waals surface area contributed by atoms with E-state index >= 15 is 0 Å². The maximum Gasteiger partial charge on any atom is 0.343 e. The van der Waals surface area contributed by atoms with Crippen molar-refractivity contribution >= 4 is 22.7 Å².